The Hall–Kier alpha value is -2.82. The minimum atomic E-state index is -0.216. The van der Waals surface area contributed by atoms with Gasteiger partial charge in [-0.15, -0.1) is 0 Å². The fourth-order valence-corrected chi connectivity index (χ4v) is 3.41. The SMILES string of the molecule is O=c1c(N2CCCCC2)c(O)c2cccnc2n1-c1ccccc1. The van der Waals surface area contributed by atoms with Gasteiger partial charge in [0.2, 0.25) is 0 Å². The summed E-state index contributed by atoms with van der Waals surface area (Å²) in [4.78, 5) is 19.6. The van der Waals surface area contributed by atoms with Gasteiger partial charge in [-0.3, -0.25) is 9.36 Å². The molecule has 0 radical (unpaired) electrons. The summed E-state index contributed by atoms with van der Waals surface area (Å²) in [6.07, 6.45) is 4.88. The summed E-state index contributed by atoms with van der Waals surface area (Å²) >= 11 is 0. The minimum absolute atomic E-state index is 0.0391. The highest BCUT2D eigenvalue weighted by atomic mass is 16.3. The predicted octanol–water partition coefficient (Wildman–Crippen LogP) is 3.08. The number of anilines is 1. The van der Waals surface area contributed by atoms with Gasteiger partial charge >= 0.3 is 0 Å². The highest BCUT2D eigenvalue weighted by molar-refractivity contribution is 5.89. The Kier molecular flexibility index (Phi) is 3.69. The second-order valence-electron chi connectivity index (χ2n) is 6.10. The Morgan fingerprint density at radius 1 is 0.958 bits per heavy atom. The first-order valence-corrected chi connectivity index (χ1v) is 8.30. The van der Waals surface area contributed by atoms with Crippen molar-refractivity contribution in [3.05, 3.63) is 59.0 Å². The van der Waals surface area contributed by atoms with Crippen molar-refractivity contribution in [2.24, 2.45) is 0 Å². The summed E-state index contributed by atoms with van der Waals surface area (Å²) in [6.45, 7) is 1.59. The van der Waals surface area contributed by atoms with E-state index in [0.717, 1.165) is 31.6 Å². The molecule has 0 atom stereocenters. The van der Waals surface area contributed by atoms with Gasteiger partial charge in [0.05, 0.1) is 11.1 Å². The Morgan fingerprint density at radius 3 is 2.46 bits per heavy atom. The van der Waals surface area contributed by atoms with Gasteiger partial charge in [-0.05, 0) is 43.5 Å². The van der Waals surface area contributed by atoms with Gasteiger partial charge in [-0.25, -0.2) is 4.98 Å². The average molecular weight is 321 g/mol. The molecule has 0 aliphatic carbocycles. The van der Waals surface area contributed by atoms with E-state index in [9.17, 15) is 9.90 Å². The average Bonchev–Trinajstić information content (AvgIpc) is 2.64. The number of benzene rings is 1. The molecule has 1 aliphatic rings. The molecule has 1 aliphatic heterocycles. The zero-order valence-electron chi connectivity index (χ0n) is 13.4. The molecule has 1 aromatic carbocycles. The third kappa shape index (κ3) is 2.33. The van der Waals surface area contributed by atoms with Crippen LogP contribution in [-0.2, 0) is 0 Å². The zero-order valence-corrected chi connectivity index (χ0v) is 13.4. The van der Waals surface area contributed by atoms with E-state index in [4.69, 9.17) is 0 Å². The molecule has 0 amide bonds. The first-order valence-electron chi connectivity index (χ1n) is 8.30. The Balaban J connectivity index is 2.05. The van der Waals surface area contributed by atoms with Gasteiger partial charge in [0, 0.05) is 19.3 Å². The van der Waals surface area contributed by atoms with Crippen LogP contribution in [0.25, 0.3) is 16.7 Å². The van der Waals surface area contributed by atoms with E-state index in [0.29, 0.717) is 16.7 Å². The van der Waals surface area contributed by atoms with Crippen molar-refractivity contribution >= 4 is 16.7 Å². The molecule has 1 saturated heterocycles. The van der Waals surface area contributed by atoms with E-state index in [1.165, 1.54) is 6.42 Å². The summed E-state index contributed by atoms with van der Waals surface area (Å²) in [7, 11) is 0. The Morgan fingerprint density at radius 2 is 1.71 bits per heavy atom. The monoisotopic (exact) mass is 321 g/mol. The van der Waals surface area contributed by atoms with Crippen molar-refractivity contribution in [2.45, 2.75) is 19.3 Å². The van der Waals surface area contributed by atoms with Crippen molar-refractivity contribution in [1.82, 2.24) is 9.55 Å². The largest absolute Gasteiger partial charge is 0.505 e. The molecule has 3 heterocycles. The summed E-state index contributed by atoms with van der Waals surface area (Å²) in [5.74, 6) is 0.0391. The number of aromatic nitrogens is 2. The molecule has 0 unspecified atom stereocenters. The van der Waals surface area contributed by atoms with Crippen LogP contribution in [0, 0.1) is 0 Å². The number of piperidine rings is 1. The number of pyridine rings is 2. The molecular weight excluding hydrogens is 302 g/mol. The van der Waals surface area contributed by atoms with Crippen molar-refractivity contribution in [2.75, 3.05) is 18.0 Å². The molecule has 0 saturated carbocycles. The molecule has 4 rings (SSSR count). The predicted molar refractivity (Wildman–Crippen MR) is 95.1 cm³/mol. The number of nitrogens with zero attached hydrogens (tertiary/aromatic N) is 3. The summed E-state index contributed by atoms with van der Waals surface area (Å²) in [5.41, 5.74) is 1.40. The van der Waals surface area contributed by atoms with Gasteiger partial charge in [0.1, 0.15) is 5.69 Å². The normalized spacial score (nSPS) is 14.9. The zero-order chi connectivity index (χ0) is 16.5. The van der Waals surface area contributed by atoms with Crippen molar-refractivity contribution in [1.29, 1.82) is 0 Å². The smallest absolute Gasteiger partial charge is 0.284 e. The maximum absolute atomic E-state index is 13.2. The number of aromatic hydroxyl groups is 1. The molecule has 1 N–H and O–H groups in total. The lowest BCUT2D eigenvalue weighted by molar-refractivity contribution is 0.473. The van der Waals surface area contributed by atoms with Crippen molar-refractivity contribution in [3.63, 3.8) is 0 Å². The van der Waals surface area contributed by atoms with Crippen molar-refractivity contribution < 1.29 is 5.11 Å². The van der Waals surface area contributed by atoms with Crippen LogP contribution >= 0.6 is 0 Å². The number of hydrogen-bond donors (Lipinski definition) is 1. The van der Waals surface area contributed by atoms with Gasteiger partial charge in [0.15, 0.2) is 11.4 Å². The quantitative estimate of drug-likeness (QED) is 0.788. The third-order valence-corrected chi connectivity index (χ3v) is 4.57. The topological polar surface area (TPSA) is 58.4 Å². The first-order chi connectivity index (χ1) is 11.8. The summed E-state index contributed by atoms with van der Waals surface area (Å²) in [5, 5.41) is 11.4. The molecule has 5 nitrogen and oxygen atoms in total. The van der Waals surface area contributed by atoms with Crippen LogP contribution in [0.1, 0.15) is 19.3 Å². The molecule has 3 aromatic rings. The van der Waals surface area contributed by atoms with Gasteiger partial charge < -0.3 is 10.0 Å². The van der Waals surface area contributed by atoms with Crippen LogP contribution < -0.4 is 10.5 Å². The molecule has 0 spiro atoms. The second kappa shape index (κ2) is 6.00. The van der Waals surface area contributed by atoms with E-state index in [1.807, 2.05) is 41.3 Å². The van der Waals surface area contributed by atoms with E-state index in [1.54, 1.807) is 16.8 Å². The van der Waals surface area contributed by atoms with E-state index in [2.05, 4.69) is 4.98 Å². The number of hydrogen-bond acceptors (Lipinski definition) is 4. The first kappa shape index (κ1) is 14.8. The number of para-hydroxylation sites is 1. The van der Waals surface area contributed by atoms with Crippen LogP contribution in [0.4, 0.5) is 5.69 Å². The summed E-state index contributed by atoms with van der Waals surface area (Å²) < 4.78 is 1.60. The van der Waals surface area contributed by atoms with Crippen LogP contribution in [0.15, 0.2) is 53.5 Å². The maximum atomic E-state index is 13.2. The molecule has 0 bridgehead atoms. The molecule has 5 heteroatoms. The van der Waals surface area contributed by atoms with Gasteiger partial charge in [0.25, 0.3) is 5.56 Å². The fraction of sp³-hybridized carbons (Fsp3) is 0.263. The van der Waals surface area contributed by atoms with Crippen LogP contribution in [0.5, 0.6) is 5.75 Å². The summed E-state index contributed by atoms with van der Waals surface area (Å²) in [6, 6.07) is 13.1. The number of fused-ring (bicyclic) bond motifs is 1. The van der Waals surface area contributed by atoms with Crippen molar-refractivity contribution in [3.8, 4) is 11.4 Å². The van der Waals surface area contributed by atoms with Gasteiger partial charge in [-0.2, -0.15) is 0 Å². The Labute approximate surface area is 139 Å². The highest BCUT2D eigenvalue weighted by Gasteiger charge is 2.23. The highest BCUT2D eigenvalue weighted by Crippen LogP contribution is 2.33. The lowest BCUT2D eigenvalue weighted by atomic mass is 10.1. The molecule has 2 aromatic heterocycles. The van der Waals surface area contributed by atoms with E-state index >= 15 is 0 Å². The third-order valence-electron chi connectivity index (χ3n) is 4.57. The lowest BCUT2D eigenvalue weighted by Crippen LogP contribution is -2.36. The molecule has 24 heavy (non-hydrogen) atoms. The fourth-order valence-electron chi connectivity index (χ4n) is 3.41. The Bertz CT molecular complexity index is 928. The minimum Gasteiger partial charge on any atom is -0.505 e. The van der Waals surface area contributed by atoms with Crippen LogP contribution in [0.3, 0.4) is 0 Å². The molecule has 1 fully saturated rings. The second-order valence-corrected chi connectivity index (χ2v) is 6.10. The van der Waals surface area contributed by atoms with Crippen LogP contribution in [0.2, 0.25) is 0 Å². The molecular formula is C19H19N3O2. The maximum Gasteiger partial charge on any atom is 0.284 e. The van der Waals surface area contributed by atoms with E-state index in [-0.39, 0.29) is 11.3 Å². The lowest BCUT2D eigenvalue weighted by Gasteiger charge is -2.29. The standard InChI is InChI=1S/C19H19N3O2/c23-17-15-10-7-11-20-18(15)22(14-8-3-1-4-9-14)19(24)16(17)21-12-5-2-6-13-21/h1,3-4,7-11,23H,2,5-6,12-13H2. The van der Waals surface area contributed by atoms with Gasteiger partial charge in [-0.1, -0.05) is 18.2 Å². The molecule has 122 valence electrons. The number of rotatable bonds is 2. The van der Waals surface area contributed by atoms with Crippen LogP contribution in [-0.4, -0.2) is 27.7 Å². The van der Waals surface area contributed by atoms with E-state index < -0.39 is 0 Å².